The highest BCUT2D eigenvalue weighted by molar-refractivity contribution is 7.99. The van der Waals surface area contributed by atoms with E-state index in [1.165, 1.54) is 16.0 Å². The van der Waals surface area contributed by atoms with Crippen molar-refractivity contribution in [3.8, 4) is 23.7 Å². The molecule has 174 valence electrons. The van der Waals surface area contributed by atoms with Crippen LogP contribution in [0.2, 0.25) is 0 Å². The Hall–Kier alpha value is -3.72. The normalized spacial score (nSPS) is 9.60. The average molecular weight is 474 g/mol. The number of benzene rings is 3. The van der Waals surface area contributed by atoms with Crippen molar-refractivity contribution >= 4 is 11.8 Å². The minimum Gasteiger partial charge on any atom is -0.265 e. The van der Waals surface area contributed by atoms with Crippen LogP contribution in [0.1, 0.15) is 52.8 Å². The van der Waals surface area contributed by atoms with Crippen LogP contribution in [-0.2, 0) is 6.42 Å². The van der Waals surface area contributed by atoms with Gasteiger partial charge in [0.1, 0.15) is 0 Å². The second-order valence-electron chi connectivity index (χ2n) is 7.87. The molecule has 0 saturated heterocycles. The van der Waals surface area contributed by atoms with Gasteiger partial charge in [0.2, 0.25) is 0 Å². The zero-order valence-corrected chi connectivity index (χ0v) is 21.7. The minimum absolute atomic E-state index is 1.00. The molecule has 0 bridgehead atoms. The van der Waals surface area contributed by atoms with Crippen molar-refractivity contribution in [1.82, 2.24) is 4.98 Å². The molecule has 0 fully saturated rings. The van der Waals surface area contributed by atoms with Gasteiger partial charge in [0.05, 0.1) is 0 Å². The van der Waals surface area contributed by atoms with Gasteiger partial charge >= 0.3 is 0 Å². The molecular weight excluding hydrogens is 442 g/mol. The van der Waals surface area contributed by atoms with Crippen molar-refractivity contribution in [3.05, 3.63) is 130 Å². The van der Waals surface area contributed by atoms with E-state index < -0.39 is 0 Å². The SMILES string of the molecule is CC.Cc1ccc(C#Cc2ccc(C#Cc3ccc(SCCc4ccncc4)cc3)cc2C)cc1. The quantitative estimate of drug-likeness (QED) is 0.221. The van der Waals surface area contributed by atoms with E-state index in [1.807, 2.05) is 44.1 Å². The van der Waals surface area contributed by atoms with Gasteiger partial charge in [-0.15, -0.1) is 11.8 Å². The Morgan fingerprint density at radius 3 is 1.89 bits per heavy atom. The van der Waals surface area contributed by atoms with Gasteiger partial charge in [-0.3, -0.25) is 4.98 Å². The Balaban J connectivity index is 0.00000167. The molecule has 1 nitrogen and oxygen atoms in total. The number of thioether (sulfide) groups is 1. The summed E-state index contributed by atoms with van der Waals surface area (Å²) in [5, 5.41) is 0. The maximum atomic E-state index is 4.07. The summed E-state index contributed by atoms with van der Waals surface area (Å²) in [6.07, 6.45) is 4.74. The van der Waals surface area contributed by atoms with Crippen LogP contribution in [-0.4, -0.2) is 10.7 Å². The Labute approximate surface area is 215 Å². The summed E-state index contributed by atoms with van der Waals surface area (Å²) in [6, 6.07) is 27.1. The van der Waals surface area contributed by atoms with Crippen molar-refractivity contribution in [3.63, 3.8) is 0 Å². The van der Waals surface area contributed by atoms with Gasteiger partial charge in [-0.2, -0.15) is 0 Å². The molecule has 0 saturated carbocycles. The second kappa shape index (κ2) is 13.9. The number of hydrogen-bond donors (Lipinski definition) is 0. The third-order valence-corrected chi connectivity index (χ3v) is 6.25. The first-order chi connectivity index (χ1) is 17.2. The van der Waals surface area contributed by atoms with E-state index in [0.717, 1.165) is 40.0 Å². The monoisotopic (exact) mass is 473 g/mol. The van der Waals surface area contributed by atoms with E-state index >= 15 is 0 Å². The van der Waals surface area contributed by atoms with E-state index in [2.05, 4.69) is 115 Å². The highest BCUT2D eigenvalue weighted by Gasteiger charge is 1.98. The van der Waals surface area contributed by atoms with Crippen LogP contribution in [0.25, 0.3) is 0 Å². The molecule has 0 spiro atoms. The second-order valence-corrected chi connectivity index (χ2v) is 9.04. The maximum absolute atomic E-state index is 4.07. The molecule has 0 atom stereocenters. The van der Waals surface area contributed by atoms with Crippen molar-refractivity contribution in [2.45, 2.75) is 39.0 Å². The summed E-state index contributed by atoms with van der Waals surface area (Å²) in [5.74, 6) is 14.1. The minimum atomic E-state index is 1.00. The number of aryl methyl sites for hydroxylation is 3. The maximum Gasteiger partial charge on any atom is 0.0279 e. The molecule has 2 heteroatoms. The molecule has 4 aromatic rings. The van der Waals surface area contributed by atoms with Gasteiger partial charge < -0.3 is 0 Å². The van der Waals surface area contributed by atoms with Crippen molar-refractivity contribution in [2.24, 2.45) is 0 Å². The third-order valence-electron chi connectivity index (χ3n) is 5.23. The molecular formula is C33H31NS. The van der Waals surface area contributed by atoms with Crippen molar-refractivity contribution in [1.29, 1.82) is 0 Å². The van der Waals surface area contributed by atoms with Crippen molar-refractivity contribution < 1.29 is 0 Å². The third kappa shape index (κ3) is 8.53. The van der Waals surface area contributed by atoms with Crippen LogP contribution in [0, 0.1) is 37.5 Å². The number of hydrogen-bond acceptors (Lipinski definition) is 2. The number of aromatic nitrogens is 1. The van der Waals surface area contributed by atoms with Crippen LogP contribution < -0.4 is 0 Å². The van der Waals surface area contributed by atoms with Gasteiger partial charge in [0.25, 0.3) is 0 Å². The lowest BCUT2D eigenvalue weighted by molar-refractivity contribution is 1.13. The lowest BCUT2D eigenvalue weighted by Crippen LogP contribution is -1.88. The van der Waals surface area contributed by atoms with Gasteiger partial charge in [-0.25, -0.2) is 0 Å². The van der Waals surface area contributed by atoms with Gasteiger partial charge in [0.15, 0.2) is 0 Å². The van der Waals surface area contributed by atoms with Crippen LogP contribution in [0.15, 0.2) is 96.2 Å². The fourth-order valence-corrected chi connectivity index (χ4v) is 4.18. The average Bonchev–Trinajstić information content (AvgIpc) is 2.90. The molecule has 0 amide bonds. The molecule has 3 aromatic carbocycles. The molecule has 0 aliphatic rings. The van der Waals surface area contributed by atoms with Gasteiger partial charge in [-0.05, 0) is 98.1 Å². The van der Waals surface area contributed by atoms with E-state index in [1.54, 1.807) is 0 Å². The zero-order valence-electron chi connectivity index (χ0n) is 20.9. The summed E-state index contributed by atoms with van der Waals surface area (Å²) in [6.45, 7) is 8.17. The fourth-order valence-electron chi connectivity index (χ4n) is 3.27. The van der Waals surface area contributed by atoms with E-state index in [4.69, 9.17) is 0 Å². The molecule has 1 heterocycles. The van der Waals surface area contributed by atoms with E-state index in [9.17, 15) is 0 Å². The van der Waals surface area contributed by atoms with Crippen LogP contribution >= 0.6 is 11.8 Å². The molecule has 0 unspecified atom stereocenters. The van der Waals surface area contributed by atoms with Crippen LogP contribution in [0.5, 0.6) is 0 Å². The molecule has 0 aliphatic heterocycles. The van der Waals surface area contributed by atoms with Crippen molar-refractivity contribution in [2.75, 3.05) is 5.75 Å². The Kier molecular flexibility index (Phi) is 10.3. The number of nitrogens with zero attached hydrogens (tertiary/aromatic N) is 1. The summed E-state index contributed by atoms with van der Waals surface area (Å²) in [4.78, 5) is 5.33. The summed E-state index contributed by atoms with van der Waals surface area (Å²) >= 11 is 1.86. The largest absolute Gasteiger partial charge is 0.265 e. The zero-order chi connectivity index (χ0) is 24.9. The predicted octanol–water partition coefficient (Wildman–Crippen LogP) is 7.86. The Bertz CT molecular complexity index is 1330. The predicted molar refractivity (Wildman–Crippen MR) is 151 cm³/mol. The van der Waals surface area contributed by atoms with Crippen LogP contribution in [0.4, 0.5) is 0 Å². The molecule has 0 aliphatic carbocycles. The summed E-state index contributed by atoms with van der Waals surface area (Å²) < 4.78 is 0. The Morgan fingerprint density at radius 1 is 0.657 bits per heavy atom. The standard InChI is InChI=1S/C31H25NS.C2H6/c1-24-3-5-26(6-4-24)9-13-30-14-10-29(23-25(30)2)8-7-27-11-15-31(16-12-27)33-22-19-28-17-20-32-21-18-28;1-2/h3-6,10-12,14-18,20-21,23H,19,22H2,1-2H3;1-2H3. The van der Waals surface area contributed by atoms with E-state index in [-0.39, 0.29) is 0 Å². The van der Waals surface area contributed by atoms with E-state index in [0.29, 0.717) is 0 Å². The fraction of sp³-hybridized carbons (Fsp3) is 0.182. The lowest BCUT2D eigenvalue weighted by Gasteiger charge is -2.02. The summed E-state index contributed by atoms with van der Waals surface area (Å²) in [7, 11) is 0. The molecule has 0 N–H and O–H groups in total. The highest BCUT2D eigenvalue weighted by Crippen LogP contribution is 2.19. The lowest BCUT2D eigenvalue weighted by atomic mass is 10.0. The molecule has 1 aromatic heterocycles. The summed E-state index contributed by atoms with van der Waals surface area (Å²) in [5.41, 5.74) is 7.80. The number of pyridine rings is 1. The number of rotatable bonds is 4. The van der Waals surface area contributed by atoms with Gasteiger partial charge in [0, 0.05) is 45.3 Å². The highest BCUT2D eigenvalue weighted by atomic mass is 32.2. The molecule has 4 rings (SSSR count). The molecule has 35 heavy (non-hydrogen) atoms. The van der Waals surface area contributed by atoms with Crippen LogP contribution in [0.3, 0.4) is 0 Å². The first-order valence-corrected chi connectivity index (χ1v) is 13.0. The smallest absolute Gasteiger partial charge is 0.0279 e. The van der Waals surface area contributed by atoms with Gasteiger partial charge in [-0.1, -0.05) is 55.2 Å². The Morgan fingerprint density at radius 2 is 1.23 bits per heavy atom. The first kappa shape index (κ1) is 25.9. The first-order valence-electron chi connectivity index (χ1n) is 12.0. The topological polar surface area (TPSA) is 12.9 Å². The molecule has 0 radical (unpaired) electrons.